The van der Waals surface area contributed by atoms with Crippen LogP contribution in [-0.2, 0) is 0 Å². The summed E-state index contributed by atoms with van der Waals surface area (Å²) in [7, 11) is 1.96. The molecule has 0 fully saturated rings. The number of rotatable bonds is 11. The van der Waals surface area contributed by atoms with Crippen LogP contribution in [0.4, 0.5) is 11.4 Å². The van der Waals surface area contributed by atoms with E-state index in [1.165, 1.54) is 19.3 Å². The minimum atomic E-state index is 0.464. The number of ether oxygens (including phenoxy) is 1. The molecule has 0 amide bonds. The molecule has 0 radical (unpaired) electrons. The fourth-order valence-corrected chi connectivity index (χ4v) is 2.38. The molecule has 1 aromatic carbocycles. The number of unbranched alkanes of at least 4 members (excludes halogenated alkanes) is 1. The second-order valence-corrected chi connectivity index (χ2v) is 5.79. The predicted molar refractivity (Wildman–Crippen MR) is 94.8 cm³/mol. The average molecular weight is 316 g/mol. The molecule has 0 aliphatic rings. The summed E-state index contributed by atoms with van der Waals surface area (Å²) in [5.41, 5.74) is 8.84. The Morgan fingerprint density at radius 2 is 2.17 bits per heavy atom. The van der Waals surface area contributed by atoms with Gasteiger partial charge in [0, 0.05) is 18.8 Å². The first-order valence-corrected chi connectivity index (χ1v) is 8.34. The van der Waals surface area contributed by atoms with E-state index < -0.39 is 0 Å². The fourth-order valence-electron chi connectivity index (χ4n) is 2.38. The SMILES string of the molecule is [C-]#[N+]CCN(C)c1ccc(N=N)c(OCC(CC)CCCC)c1. The molecular formula is C18H28N4O. The highest BCUT2D eigenvalue weighted by Gasteiger charge is 2.12. The molecule has 0 aliphatic carbocycles. The third kappa shape index (κ3) is 6.27. The van der Waals surface area contributed by atoms with Gasteiger partial charge in [0.1, 0.15) is 11.4 Å². The van der Waals surface area contributed by atoms with E-state index in [9.17, 15) is 0 Å². The van der Waals surface area contributed by atoms with Crippen LogP contribution in [0.3, 0.4) is 0 Å². The minimum Gasteiger partial charge on any atom is -0.491 e. The van der Waals surface area contributed by atoms with Crippen molar-refractivity contribution in [3.8, 4) is 5.75 Å². The fraction of sp³-hybridized carbons (Fsp3) is 0.611. The van der Waals surface area contributed by atoms with Crippen molar-refractivity contribution in [3.05, 3.63) is 29.6 Å². The number of hydrogen-bond donors (Lipinski definition) is 1. The Balaban J connectivity index is 2.78. The summed E-state index contributed by atoms with van der Waals surface area (Å²) in [6.45, 7) is 13.1. The van der Waals surface area contributed by atoms with E-state index in [-0.39, 0.29) is 0 Å². The van der Waals surface area contributed by atoms with Gasteiger partial charge in [-0.15, -0.1) is 0 Å². The molecule has 0 aliphatic heterocycles. The second-order valence-electron chi connectivity index (χ2n) is 5.79. The van der Waals surface area contributed by atoms with Crippen LogP contribution in [0.1, 0.15) is 39.5 Å². The van der Waals surface area contributed by atoms with E-state index >= 15 is 0 Å². The summed E-state index contributed by atoms with van der Waals surface area (Å²) in [5.74, 6) is 1.19. The summed E-state index contributed by atoms with van der Waals surface area (Å²) in [5, 5.41) is 3.56. The molecule has 0 spiro atoms. The lowest BCUT2D eigenvalue weighted by atomic mass is 10.0. The second kappa shape index (κ2) is 10.6. The molecule has 0 aromatic heterocycles. The van der Waals surface area contributed by atoms with Crippen molar-refractivity contribution in [1.29, 1.82) is 5.53 Å². The van der Waals surface area contributed by atoms with E-state index in [4.69, 9.17) is 16.8 Å². The zero-order valence-corrected chi connectivity index (χ0v) is 14.5. The Hall–Kier alpha value is -2.09. The van der Waals surface area contributed by atoms with Crippen molar-refractivity contribution in [2.75, 3.05) is 31.6 Å². The molecule has 1 unspecified atom stereocenters. The van der Waals surface area contributed by atoms with Gasteiger partial charge in [-0.25, -0.2) is 12.1 Å². The highest BCUT2D eigenvalue weighted by molar-refractivity contribution is 5.61. The van der Waals surface area contributed by atoms with Gasteiger partial charge in [-0.2, -0.15) is 5.11 Å². The molecule has 1 atom stereocenters. The van der Waals surface area contributed by atoms with Crippen molar-refractivity contribution in [2.24, 2.45) is 11.0 Å². The number of likely N-dealkylation sites (N-methyl/N-ethyl adjacent to an activating group) is 1. The summed E-state index contributed by atoms with van der Waals surface area (Å²) in [6.07, 6.45) is 4.69. The number of nitrogens with one attached hydrogen (secondary N) is 1. The summed E-state index contributed by atoms with van der Waals surface area (Å²) in [4.78, 5) is 5.41. The zero-order valence-electron chi connectivity index (χ0n) is 14.5. The number of hydrogen-bond acceptors (Lipinski definition) is 4. The molecule has 5 nitrogen and oxygen atoms in total. The molecule has 1 aromatic rings. The van der Waals surface area contributed by atoms with Crippen molar-refractivity contribution in [3.63, 3.8) is 0 Å². The van der Waals surface area contributed by atoms with E-state index in [1.807, 2.05) is 24.1 Å². The smallest absolute Gasteiger partial charge is 0.231 e. The van der Waals surface area contributed by atoms with E-state index in [2.05, 4.69) is 23.8 Å². The quantitative estimate of drug-likeness (QED) is 0.445. The lowest BCUT2D eigenvalue weighted by Gasteiger charge is -2.20. The Bertz CT molecular complexity index is 524. The Morgan fingerprint density at radius 1 is 1.39 bits per heavy atom. The molecule has 1 N–H and O–H groups in total. The van der Waals surface area contributed by atoms with E-state index in [0.29, 0.717) is 37.1 Å². The van der Waals surface area contributed by atoms with Crippen molar-refractivity contribution < 1.29 is 4.74 Å². The summed E-state index contributed by atoms with van der Waals surface area (Å²) in [6, 6.07) is 5.64. The topological polar surface area (TPSA) is 53.0 Å². The van der Waals surface area contributed by atoms with Crippen LogP contribution in [0.15, 0.2) is 23.3 Å². The van der Waals surface area contributed by atoms with E-state index in [1.54, 1.807) is 6.07 Å². The van der Waals surface area contributed by atoms with Crippen molar-refractivity contribution >= 4 is 11.4 Å². The molecule has 23 heavy (non-hydrogen) atoms. The van der Waals surface area contributed by atoms with Gasteiger partial charge in [0.2, 0.25) is 6.54 Å². The molecular weight excluding hydrogens is 288 g/mol. The Labute approximate surface area is 140 Å². The molecule has 0 heterocycles. The number of nitrogens with zero attached hydrogens (tertiary/aromatic N) is 3. The molecule has 0 saturated heterocycles. The maximum absolute atomic E-state index is 7.31. The van der Waals surface area contributed by atoms with Gasteiger partial charge in [-0.3, -0.25) is 0 Å². The van der Waals surface area contributed by atoms with Crippen LogP contribution in [0.5, 0.6) is 5.75 Å². The van der Waals surface area contributed by atoms with Crippen molar-refractivity contribution in [1.82, 2.24) is 0 Å². The molecule has 5 heteroatoms. The number of benzene rings is 1. The normalized spacial score (nSPS) is 11.6. The van der Waals surface area contributed by atoms with Crippen LogP contribution < -0.4 is 9.64 Å². The van der Waals surface area contributed by atoms with Crippen LogP contribution >= 0.6 is 0 Å². The summed E-state index contributed by atoms with van der Waals surface area (Å²) >= 11 is 0. The van der Waals surface area contributed by atoms with Gasteiger partial charge in [-0.05, 0) is 24.5 Å². The predicted octanol–water partition coefficient (Wildman–Crippen LogP) is 5.30. The van der Waals surface area contributed by atoms with Crippen LogP contribution in [-0.4, -0.2) is 26.7 Å². The first-order chi connectivity index (χ1) is 11.2. The third-order valence-electron chi connectivity index (χ3n) is 4.07. The lowest BCUT2D eigenvalue weighted by Crippen LogP contribution is -2.20. The third-order valence-corrected chi connectivity index (χ3v) is 4.07. The molecule has 0 bridgehead atoms. The highest BCUT2D eigenvalue weighted by Crippen LogP contribution is 2.32. The maximum Gasteiger partial charge on any atom is 0.231 e. The van der Waals surface area contributed by atoms with Gasteiger partial charge in [0.05, 0.1) is 13.2 Å². The first kappa shape index (κ1) is 19.0. The monoisotopic (exact) mass is 316 g/mol. The van der Waals surface area contributed by atoms with Crippen molar-refractivity contribution in [2.45, 2.75) is 39.5 Å². The molecule has 126 valence electrons. The summed E-state index contributed by atoms with van der Waals surface area (Å²) < 4.78 is 5.97. The zero-order chi connectivity index (χ0) is 17.1. The van der Waals surface area contributed by atoms with Gasteiger partial charge >= 0.3 is 0 Å². The van der Waals surface area contributed by atoms with Crippen LogP contribution in [0.25, 0.3) is 4.85 Å². The lowest BCUT2D eigenvalue weighted by molar-refractivity contribution is 0.234. The Kier molecular flexibility index (Phi) is 8.74. The van der Waals surface area contributed by atoms with Crippen LogP contribution in [0.2, 0.25) is 0 Å². The van der Waals surface area contributed by atoms with Gasteiger partial charge < -0.3 is 14.5 Å². The number of anilines is 1. The largest absolute Gasteiger partial charge is 0.491 e. The Morgan fingerprint density at radius 3 is 2.78 bits per heavy atom. The average Bonchev–Trinajstić information content (AvgIpc) is 2.59. The van der Waals surface area contributed by atoms with Crippen LogP contribution in [0, 0.1) is 18.0 Å². The molecule has 0 saturated carbocycles. The van der Waals surface area contributed by atoms with Gasteiger partial charge in [-0.1, -0.05) is 33.1 Å². The van der Waals surface area contributed by atoms with E-state index in [0.717, 1.165) is 12.1 Å². The maximum atomic E-state index is 7.31. The molecule has 1 rings (SSSR count). The first-order valence-electron chi connectivity index (χ1n) is 8.34. The minimum absolute atomic E-state index is 0.464. The standard InChI is InChI=1S/C18H28N4O/c1-5-7-8-15(6-2)14-23-18-13-16(9-10-17(18)21-19)22(4)12-11-20-3/h9-10,13,15,19H,5-8,11-12,14H2,1-2,4H3. The van der Waals surface area contributed by atoms with Gasteiger partial charge in [0.25, 0.3) is 0 Å². The highest BCUT2D eigenvalue weighted by atomic mass is 16.5. The van der Waals surface area contributed by atoms with Gasteiger partial charge in [0.15, 0.2) is 0 Å².